The minimum atomic E-state index is -0.492. The summed E-state index contributed by atoms with van der Waals surface area (Å²) in [7, 11) is 0. The Morgan fingerprint density at radius 2 is 2.43 bits per heavy atom. The molecule has 78 valence electrons. The SMILES string of the molecule is Cc1ccsc1C1(C(O)CN)COC1. The summed E-state index contributed by atoms with van der Waals surface area (Å²) in [5.41, 5.74) is 6.52. The topological polar surface area (TPSA) is 55.5 Å². The minimum absolute atomic E-state index is 0.229. The molecule has 1 aromatic heterocycles. The van der Waals surface area contributed by atoms with E-state index in [9.17, 15) is 5.11 Å². The first kappa shape index (κ1) is 10.1. The van der Waals surface area contributed by atoms with Crippen LogP contribution in [0.1, 0.15) is 10.4 Å². The number of nitrogens with two attached hydrogens (primary N) is 1. The van der Waals surface area contributed by atoms with Crippen molar-refractivity contribution in [1.82, 2.24) is 0 Å². The molecule has 2 heterocycles. The van der Waals surface area contributed by atoms with Gasteiger partial charge in [-0.3, -0.25) is 0 Å². The zero-order chi connectivity index (χ0) is 10.2. The molecule has 3 N–H and O–H groups in total. The van der Waals surface area contributed by atoms with Crippen LogP contribution in [0.2, 0.25) is 0 Å². The van der Waals surface area contributed by atoms with Gasteiger partial charge in [0.1, 0.15) is 0 Å². The normalized spacial score (nSPS) is 21.6. The van der Waals surface area contributed by atoms with Gasteiger partial charge in [-0.05, 0) is 23.9 Å². The average Bonchev–Trinajstić information content (AvgIpc) is 2.51. The summed E-state index contributed by atoms with van der Waals surface area (Å²) in [5.74, 6) is 0. The van der Waals surface area contributed by atoms with E-state index in [2.05, 4.69) is 13.0 Å². The Kier molecular flexibility index (Phi) is 2.62. The van der Waals surface area contributed by atoms with Crippen molar-refractivity contribution in [3.05, 3.63) is 21.9 Å². The van der Waals surface area contributed by atoms with E-state index in [0.717, 1.165) is 0 Å². The molecule has 1 aliphatic rings. The molecule has 0 radical (unpaired) electrons. The van der Waals surface area contributed by atoms with Gasteiger partial charge in [-0.1, -0.05) is 0 Å². The lowest BCUT2D eigenvalue weighted by Gasteiger charge is -2.44. The van der Waals surface area contributed by atoms with E-state index < -0.39 is 6.10 Å². The molecule has 2 rings (SSSR count). The Bertz CT molecular complexity index is 320. The third-order valence-electron chi connectivity index (χ3n) is 2.89. The second-order valence-electron chi connectivity index (χ2n) is 3.83. The van der Waals surface area contributed by atoms with Crippen molar-refractivity contribution < 1.29 is 9.84 Å². The third-order valence-corrected chi connectivity index (χ3v) is 4.13. The van der Waals surface area contributed by atoms with Crippen LogP contribution in [0.5, 0.6) is 0 Å². The van der Waals surface area contributed by atoms with E-state index in [-0.39, 0.29) is 5.41 Å². The zero-order valence-corrected chi connectivity index (χ0v) is 9.01. The summed E-state index contributed by atoms with van der Waals surface area (Å²) < 4.78 is 5.23. The molecule has 0 amide bonds. The van der Waals surface area contributed by atoms with Crippen LogP contribution in [0.3, 0.4) is 0 Å². The van der Waals surface area contributed by atoms with Crippen molar-refractivity contribution in [3.8, 4) is 0 Å². The predicted molar refractivity (Wildman–Crippen MR) is 56.6 cm³/mol. The molecule has 1 aromatic rings. The second-order valence-corrected chi connectivity index (χ2v) is 4.75. The van der Waals surface area contributed by atoms with Crippen molar-refractivity contribution in [2.75, 3.05) is 19.8 Å². The maximum absolute atomic E-state index is 9.93. The van der Waals surface area contributed by atoms with Crippen LogP contribution >= 0.6 is 11.3 Å². The summed E-state index contributed by atoms with van der Waals surface area (Å²) in [5, 5.41) is 12.0. The smallest absolute Gasteiger partial charge is 0.0811 e. The highest BCUT2D eigenvalue weighted by Gasteiger charge is 2.47. The van der Waals surface area contributed by atoms with Gasteiger partial charge in [-0.2, -0.15) is 0 Å². The molecule has 0 bridgehead atoms. The zero-order valence-electron chi connectivity index (χ0n) is 8.19. The summed E-state index contributed by atoms with van der Waals surface area (Å²) in [6, 6.07) is 2.07. The highest BCUT2D eigenvalue weighted by atomic mass is 32.1. The summed E-state index contributed by atoms with van der Waals surface area (Å²) in [6.07, 6.45) is -0.492. The number of aryl methyl sites for hydroxylation is 1. The van der Waals surface area contributed by atoms with E-state index in [0.29, 0.717) is 19.8 Å². The fourth-order valence-corrected chi connectivity index (χ4v) is 3.06. The van der Waals surface area contributed by atoms with Crippen molar-refractivity contribution in [2.24, 2.45) is 5.73 Å². The predicted octanol–water partition coefficient (Wildman–Crippen LogP) is 0.644. The second kappa shape index (κ2) is 3.62. The van der Waals surface area contributed by atoms with Crippen LogP contribution in [0.4, 0.5) is 0 Å². The maximum atomic E-state index is 9.93. The fraction of sp³-hybridized carbons (Fsp3) is 0.600. The molecule has 0 saturated carbocycles. The van der Waals surface area contributed by atoms with Gasteiger partial charge in [-0.25, -0.2) is 0 Å². The molecule has 0 spiro atoms. The molecule has 4 heteroatoms. The lowest BCUT2D eigenvalue weighted by molar-refractivity contribution is -0.115. The first-order valence-corrected chi connectivity index (χ1v) is 5.59. The van der Waals surface area contributed by atoms with E-state index in [4.69, 9.17) is 10.5 Å². The Labute approximate surface area is 87.5 Å². The van der Waals surface area contributed by atoms with Crippen LogP contribution in [-0.4, -0.2) is 31.0 Å². The summed E-state index contributed by atoms with van der Waals surface area (Å²) >= 11 is 1.68. The standard InChI is InChI=1S/C10H15NO2S/c1-7-2-3-14-9(7)10(5-13-6-10)8(12)4-11/h2-3,8,12H,4-6,11H2,1H3. The number of ether oxygens (including phenoxy) is 1. The van der Waals surface area contributed by atoms with E-state index in [1.54, 1.807) is 11.3 Å². The van der Waals surface area contributed by atoms with Gasteiger partial charge in [0, 0.05) is 11.4 Å². The van der Waals surface area contributed by atoms with Gasteiger partial charge in [0.05, 0.1) is 24.7 Å². The first-order valence-electron chi connectivity index (χ1n) is 4.71. The molecule has 0 aliphatic carbocycles. The quantitative estimate of drug-likeness (QED) is 0.775. The van der Waals surface area contributed by atoms with Crippen molar-refractivity contribution >= 4 is 11.3 Å². The molecule has 3 nitrogen and oxygen atoms in total. The number of hydrogen-bond donors (Lipinski definition) is 2. The number of rotatable bonds is 3. The third kappa shape index (κ3) is 1.30. The highest BCUT2D eigenvalue weighted by molar-refractivity contribution is 7.10. The molecular formula is C10H15NO2S. The first-order chi connectivity index (χ1) is 6.70. The Balaban J connectivity index is 2.33. The summed E-state index contributed by atoms with van der Waals surface area (Å²) in [6.45, 7) is 3.54. The monoisotopic (exact) mass is 213 g/mol. The lowest BCUT2D eigenvalue weighted by atomic mass is 9.77. The molecular weight excluding hydrogens is 198 g/mol. The Morgan fingerprint density at radius 3 is 2.79 bits per heavy atom. The van der Waals surface area contributed by atoms with E-state index in [1.807, 2.05) is 5.38 Å². The Morgan fingerprint density at radius 1 is 1.71 bits per heavy atom. The minimum Gasteiger partial charge on any atom is -0.391 e. The van der Waals surface area contributed by atoms with Crippen molar-refractivity contribution in [3.63, 3.8) is 0 Å². The van der Waals surface area contributed by atoms with E-state index in [1.165, 1.54) is 10.4 Å². The van der Waals surface area contributed by atoms with Crippen molar-refractivity contribution in [1.29, 1.82) is 0 Å². The fourth-order valence-electron chi connectivity index (χ4n) is 1.91. The van der Waals surface area contributed by atoms with Crippen LogP contribution < -0.4 is 5.73 Å². The molecule has 1 atom stereocenters. The molecule has 1 aliphatic heterocycles. The number of aliphatic hydroxyl groups excluding tert-OH is 1. The highest BCUT2D eigenvalue weighted by Crippen LogP contribution is 2.40. The van der Waals surface area contributed by atoms with Gasteiger partial charge < -0.3 is 15.6 Å². The average molecular weight is 213 g/mol. The van der Waals surface area contributed by atoms with Gasteiger partial charge in [0.25, 0.3) is 0 Å². The van der Waals surface area contributed by atoms with Crippen LogP contribution in [0.25, 0.3) is 0 Å². The molecule has 1 fully saturated rings. The van der Waals surface area contributed by atoms with Crippen LogP contribution in [-0.2, 0) is 10.2 Å². The van der Waals surface area contributed by atoms with Crippen LogP contribution in [0.15, 0.2) is 11.4 Å². The number of thiophene rings is 1. The molecule has 14 heavy (non-hydrogen) atoms. The summed E-state index contributed by atoms with van der Waals surface area (Å²) in [4.78, 5) is 1.22. The van der Waals surface area contributed by atoms with E-state index >= 15 is 0 Å². The largest absolute Gasteiger partial charge is 0.391 e. The molecule has 0 aromatic carbocycles. The molecule has 1 saturated heterocycles. The van der Waals surface area contributed by atoms with Gasteiger partial charge in [0.15, 0.2) is 0 Å². The van der Waals surface area contributed by atoms with Crippen molar-refractivity contribution in [2.45, 2.75) is 18.4 Å². The van der Waals surface area contributed by atoms with Gasteiger partial charge in [-0.15, -0.1) is 11.3 Å². The Hall–Kier alpha value is -0.420. The lowest BCUT2D eigenvalue weighted by Crippen LogP contribution is -2.57. The van der Waals surface area contributed by atoms with Gasteiger partial charge >= 0.3 is 0 Å². The number of aliphatic hydroxyl groups is 1. The maximum Gasteiger partial charge on any atom is 0.0811 e. The number of hydrogen-bond acceptors (Lipinski definition) is 4. The van der Waals surface area contributed by atoms with Crippen LogP contribution in [0, 0.1) is 6.92 Å². The molecule has 1 unspecified atom stereocenters. The van der Waals surface area contributed by atoms with Gasteiger partial charge in [0.2, 0.25) is 0 Å².